The van der Waals surface area contributed by atoms with Crippen LogP contribution in [0.2, 0.25) is 0 Å². The van der Waals surface area contributed by atoms with Crippen LogP contribution in [-0.4, -0.2) is 116 Å². The standard InChI is InChI=1S/C57H50N12O10S6/c1-25(70)19-79-30-11-9-28(10-12-30)15-35-57(78)69-18-42(72)26(2)46(69)56-67-40(24-84-56)54-63-36(20-82-54)45-31(13-14-33(60-45)53-64-37(21-83-53)48(59)75)51-65-38(22-80-51)49(76)61-34(17-43(58)73)55-68-44(27(3)85-55)41(71)16-32(47(74)29-7-5-4-6-8-29)52-66-39(23-81-52)50(77)62-35/h4-14,20-24,26,32,34-35,42,46-47,72,74H,15-19H2,1-3H3,(H2,58,73)(H2,59,75)(H,61,76)(H,62,77)/t26-,32-,34-,35-,42-,46-,47+/m0/s1. The van der Waals surface area contributed by atoms with Gasteiger partial charge in [0.05, 0.1) is 41.4 Å². The summed E-state index contributed by atoms with van der Waals surface area (Å²) in [5.41, 5.74) is 14.5. The number of aliphatic hydroxyl groups is 2. The number of Topliss-reactive ketones (excluding diaryl/α,β-unsaturated/α-hetero) is 2. The molecular formula is C57H50N12O10S6. The third kappa shape index (κ3) is 12.6. The van der Waals surface area contributed by atoms with Gasteiger partial charge in [-0.1, -0.05) is 49.4 Å². The molecule has 85 heavy (non-hydrogen) atoms. The number of fused-ring (bicyclic) bond motifs is 16. The molecule has 0 spiro atoms. The third-order valence-corrected chi connectivity index (χ3v) is 19.8. The number of benzene rings is 2. The van der Waals surface area contributed by atoms with E-state index in [-0.39, 0.29) is 71.0 Å². The molecule has 0 radical (unpaired) electrons. The summed E-state index contributed by atoms with van der Waals surface area (Å²) < 4.78 is 5.60. The molecule has 0 aliphatic carbocycles. The van der Waals surface area contributed by atoms with Gasteiger partial charge in [-0.3, -0.25) is 33.6 Å². The Labute approximate surface area is 508 Å². The predicted octanol–water partition coefficient (Wildman–Crippen LogP) is 7.54. The SMILES string of the molecule is CC(=O)COc1ccc(C[C@@H]2NC(=O)c3csc(n3)[C@H]([C@H](O)c3ccccc3)CC(=O)c3nc(sc3C)[C@H](CC(N)=O)NC(=O)c3csc(n3)-c3ccc(-c4nc(C(N)=O)cs4)nc3-c3csc(n3)-c3csc(n3)[C@@H]3[C@@H](C)[C@@H](O)CN3C2=O)cc1. The van der Waals surface area contributed by atoms with Crippen molar-refractivity contribution < 1.29 is 48.5 Å². The summed E-state index contributed by atoms with van der Waals surface area (Å²) in [6.07, 6.45) is -3.03. The molecule has 2 aliphatic rings. The minimum absolute atomic E-state index is 0.0106. The summed E-state index contributed by atoms with van der Waals surface area (Å²) in [7, 11) is 0. The smallest absolute Gasteiger partial charge is 0.271 e. The molecule has 10 bridgehead atoms. The van der Waals surface area contributed by atoms with Crippen LogP contribution in [0.1, 0.15) is 124 Å². The second-order valence-electron chi connectivity index (χ2n) is 20.2. The molecule has 28 heteroatoms. The molecule has 9 heterocycles. The van der Waals surface area contributed by atoms with Crippen LogP contribution in [0.4, 0.5) is 0 Å². The maximum Gasteiger partial charge on any atom is 0.271 e. The van der Waals surface area contributed by atoms with Gasteiger partial charge in [-0.15, -0.1) is 68.0 Å². The lowest BCUT2D eigenvalue weighted by molar-refractivity contribution is -0.134. The van der Waals surface area contributed by atoms with Gasteiger partial charge in [0.25, 0.3) is 17.7 Å². The fourth-order valence-electron chi connectivity index (χ4n) is 9.84. The summed E-state index contributed by atoms with van der Waals surface area (Å²) in [5.74, 6) is -5.17. The van der Waals surface area contributed by atoms with Crippen molar-refractivity contribution in [3.63, 3.8) is 0 Å². The monoisotopic (exact) mass is 1250 g/mol. The maximum absolute atomic E-state index is 15.3. The minimum atomic E-state index is -1.30. The zero-order valence-electron chi connectivity index (χ0n) is 45.2. The number of hydrogen-bond acceptors (Lipinski definition) is 23. The van der Waals surface area contributed by atoms with Crippen LogP contribution in [-0.2, 0) is 20.8 Å². The van der Waals surface area contributed by atoms with E-state index in [2.05, 4.69) is 20.6 Å². The normalized spacial score (nSPS) is 19.6. The van der Waals surface area contributed by atoms with Crippen LogP contribution in [0.5, 0.6) is 5.75 Å². The van der Waals surface area contributed by atoms with Gasteiger partial charge in [-0.05, 0) is 49.2 Å². The molecule has 2 aliphatic heterocycles. The van der Waals surface area contributed by atoms with Gasteiger partial charge in [0.1, 0.15) is 83.3 Å². The van der Waals surface area contributed by atoms with Crippen LogP contribution in [0.25, 0.3) is 43.4 Å². The van der Waals surface area contributed by atoms with Crippen molar-refractivity contribution in [3.8, 4) is 49.1 Å². The van der Waals surface area contributed by atoms with E-state index in [1.807, 2.05) is 6.92 Å². The van der Waals surface area contributed by atoms with Gasteiger partial charge in [-0.25, -0.2) is 34.9 Å². The number of primary amides is 2. The van der Waals surface area contributed by atoms with Crippen LogP contribution >= 0.6 is 68.0 Å². The van der Waals surface area contributed by atoms with Crippen molar-refractivity contribution in [2.45, 2.75) is 76.3 Å². The van der Waals surface area contributed by atoms with Gasteiger partial charge >= 0.3 is 0 Å². The van der Waals surface area contributed by atoms with Crippen molar-refractivity contribution in [2.24, 2.45) is 17.4 Å². The number of ether oxygens (including phenoxy) is 1. The fraction of sp³-hybridized carbons (Fsp3) is 0.263. The molecule has 8 N–H and O–H groups in total. The number of aromatic nitrogens is 7. The number of hydrogen-bond donors (Lipinski definition) is 6. The topological polar surface area (TPSA) is 339 Å². The first kappa shape index (κ1) is 58.5. The molecular weight excluding hydrogens is 1210 g/mol. The Hall–Kier alpha value is -8.22. The quantitative estimate of drug-likeness (QED) is 0.0728. The lowest BCUT2D eigenvalue weighted by Gasteiger charge is -2.29. The van der Waals surface area contributed by atoms with Gasteiger partial charge in [0.15, 0.2) is 11.6 Å². The number of thiazole rings is 6. The number of nitrogens with zero attached hydrogens (tertiary/aromatic N) is 8. The van der Waals surface area contributed by atoms with E-state index in [1.54, 1.807) is 89.8 Å². The number of carbonyl (C=O) groups excluding carboxylic acids is 7. The highest BCUT2D eigenvalue weighted by Gasteiger charge is 2.45. The zero-order chi connectivity index (χ0) is 59.8. The third-order valence-electron chi connectivity index (χ3n) is 14.2. The van der Waals surface area contributed by atoms with Crippen LogP contribution in [0.15, 0.2) is 93.6 Å². The molecule has 2 aromatic carbocycles. The minimum Gasteiger partial charge on any atom is -0.486 e. The lowest BCUT2D eigenvalue weighted by atomic mass is 9.90. The molecule has 434 valence electrons. The Morgan fingerprint density at radius 2 is 1.35 bits per heavy atom. The lowest BCUT2D eigenvalue weighted by Crippen LogP contribution is -2.50. The fourth-order valence-corrected chi connectivity index (χ4v) is 15.2. The molecule has 9 aromatic rings. The highest BCUT2D eigenvalue weighted by atomic mass is 32.1. The molecule has 5 amide bonds. The number of ketones is 2. The number of carbonyl (C=O) groups is 7. The molecule has 0 saturated carbocycles. The average molecular weight is 1260 g/mol. The van der Waals surface area contributed by atoms with Gasteiger partial charge in [-0.2, -0.15) is 0 Å². The Bertz CT molecular complexity index is 4040. The van der Waals surface area contributed by atoms with Crippen molar-refractivity contribution in [1.29, 1.82) is 0 Å². The largest absolute Gasteiger partial charge is 0.486 e. The van der Waals surface area contributed by atoms with E-state index in [9.17, 15) is 39.0 Å². The predicted molar refractivity (Wildman–Crippen MR) is 320 cm³/mol. The highest BCUT2D eigenvalue weighted by molar-refractivity contribution is 7.15. The van der Waals surface area contributed by atoms with E-state index in [0.29, 0.717) is 70.1 Å². The Kier molecular flexibility index (Phi) is 17.1. The van der Waals surface area contributed by atoms with Crippen molar-refractivity contribution in [3.05, 3.63) is 147 Å². The number of amides is 5. The Morgan fingerprint density at radius 1 is 0.706 bits per heavy atom. The number of rotatable bonds is 11. The number of aryl methyl sites for hydroxylation is 1. The first-order chi connectivity index (χ1) is 40.8. The number of nitrogens with two attached hydrogens (primary N) is 2. The summed E-state index contributed by atoms with van der Waals surface area (Å²) in [6.45, 7) is 4.68. The first-order valence-corrected chi connectivity index (χ1v) is 31.5. The second kappa shape index (κ2) is 24.8. The summed E-state index contributed by atoms with van der Waals surface area (Å²) >= 11 is 7.00. The molecule has 0 unspecified atom stereocenters. The van der Waals surface area contributed by atoms with E-state index in [4.69, 9.17) is 41.1 Å². The average Bonchev–Trinajstić information content (AvgIpc) is 2.38. The van der Waals surface area contributed by atoms with E-state index >= 15 is 4.79 Å². The summed E-state index contributed by atoms with van der Waals surface area (Å²) in [4.78, 5) is 131. The van der Waals surface area contributed by atoms with E-state index in [0.717, 1.165) is 34.0 Å². The number of aliphatic hydroxyl groups excluding tert-OH is 2. The van der Waals surface area contributed by atoms with E-state index in [1.165, 1.54) is 56.6 Å². The maximum atomic E-state index is 15.3. The Morgan fingerprint density at radius 3 is 2.08 bits per heavy atom. The molecule has 7 atom stereocenters. The zero-order valence-corrected chi connectivity index (χ0v) is 50.1. The van der Waals surface area contributed by atoms with Gasteiger partial charge in [0, 0.05) is 68.6 Å². The Balaban J connectivity index is 1.01. The van der Waals surface area contributed by atoms with Crippen LogP contribution in [0, 0.1) is 12.8 Å². The number of nitrogens with one attached hydrogen (secondary N) is 2. The molecule has 22 nitrogen and oxygen atoms in total. The highest BCUT2D eigenvalue weighted by Crippen LogP contribution is 2.43. The second-order valence-corrected chi connectivity index (χ2v) is 25.8. The van der Waals surface area contributed by atoms with Crippen molar-refractivity contribution in [1.82, 2.24) is 50.4 Å². The molecule has 1 saturated heterocycles. The van der Waals surface area contributed by atoms with Crippen molar-refractivity contribution >= 4 is 109 Å². The van der Waals surface area contributed by atoms with Crippen LogP contribution < -0.4 is 26.8 Å². The van der Waals surface area contributed by atoms with Crippen LogP contribution in [0.3, 0.4) is 0 Å². The summed E-state index contributed by atoms with van der Waals surface area (Å²) in [5, 5.41) is 39.7. The molecule has 11 rings (SSSR count). The van der Waals surface area contributed by atoms with Gasteiger partial charge in [0.2, 0.25) is 11.8 Å². The van der Waals surface area contributed by atoms with E-state index < -0.39 is 77.5 Å². The van der Waals surface area contributed by atoms with Crippen molar-refractivity contribution in [2.75, 3.05) is 13.2 Å². The summed E-state index contributed by atoms with van der Waals surface area (Å²) in [6, 6.07) is 15.8. The first-order valence-electron chi connectivity index (χ1n) is 26.3. The molecule has 7 aromatic heterocycles. The number of pyridine rings is 1. The van der Waals surface area contributed by atoms with Gasteiger partial charge < -0.3 is 42.0 Å². The molecule has 1 fully saturated rings.